The second-order valence-corrected chi connectivity index (χ2v) is 3.94. The molecule has 0 aliphatic rings. The van der Waals surface area contributed by atoms with Crippen LogP contribution >= 0.6 is 0 Å². The average molecular weight is 294 g/mol. The number of tetrazole rings is 1. The number of hydrogen-bond donors (Lipinski definition) is 1. The second kappa shape index (κ2) is 6.07. The largest absolute Gasteiger partial charge is 0.493 e. The van der Waals surface area contributed by atoms with Gasteiger partial charge in [-0.15, -0.1) is 5.10 Å². The standard InChI is InChI=1S/C12H14N4O5/c1-19-8-5-4-7(10(20-2)11(8)21-3)12-13-14-15-16(12)6-9(17)18/h4-5H,6H2,1-3H3,(H,17,18). The van der Waals surface area contributed by atoms with Crippen molar-refractivity contribution in [1.29, 1.82) is 0 Å². The zero-order chi connectivity index (χ0) is 15.4. The van der Waals surface area contributed by atoms with Crippen LogP contribution in [0.2, 0.25) is 0 Å². The van der Waals surface area contributed by atoms with Crippen LogP contribution in [-0.4, -0.2) is 52.6 Å². The Balaban J connectivity index is 2.59. The van der Waals surface area contributed by atoms with E-state index in [1.807, 2.05) is 0 Å². The summed E-state index contributed by atoms with van der Waals surface area (Å²) in [5, 5.41) is 19.9. The van der Waals surface area contributed by atoms with Crippen LogP contribution in [-0.2, 0) is 11.3 Å². The number of hydrogen-bond acceptors (Lipinski definition) is 7. The first kappa shape index (κ1) is 14.6. The van der Waals surface area contributed by atoms with Crippen LogP contribution in [0.3, 0.4) is 0 Å². The first-order chi connectivity index (χ1) is 10.1. The summed E-state index contributed by atoms with van der Waals surface area (Å²) in [5.41, 5.74) is 0.501. The Morgan fingerprint density at radius 2 is 1.90 bits per heavy atom. The molecule has 1 heterocycles. The highest BCUT2D eigenvalue weighted by Gasteiger charge is 2.21. The van der Waals surface area contributed by atoms with Crippen LogP contribution in [0.5, 0.6) is 17.2 Å². The Bertz CT molecular complexity index is 655. The second-order valence-electron chi connectivity index (χ2n) is 3.94. The Kier molecular flexibility index (Phi) is 4.21. The molecule has 0 spiro atoms. The molecule has 0 radical (unpaired) electrons. The summed E-state index contributed by atoms with van der Waals surface area (Å²) in [6, 6.07) is 3.33. The summed E-state index contributed by atoms with van der Waals surface area (Å²) in [4.78, 5) is 10.8. The van der Waals surface area contributed by atoms with Crippen molar-refractivity contribution >= 4 is 5.97 Å². The molecule has 2 rings (SSSR count). The number of aliphatic carboxylic acids is 1. The SMILES string of the molecule is COc1ccc(-c2nnnn2CC(=O)O)c(OC)c1OC. The summed E-state index contributed by atoms with van der Waals surface area (Å²) < 4.78 is 17.0. The molecule has 0 aliphatic carbocycles. The highest BCUT2D eigenvalue weighted by atomic mass is 16.5. The van der Waals surface area contributed by atoms with E-state index in [2.05, 4.69) is 15.5 Å². The highest BCUT2D eigenvalue weighted by molar-refractivity contribution is 5.73. The molecule has 0 atom stereocenters. The van der Waals surface area contributed by atoms with E-state index in [0.29, 0.717) is 22.8 Å². The van der Waals surface area contributed by atoms with Crippen molar-refractivity contribution in [1.82, 2.24) is 20.2 Å². The van der Waals surface area contributed by atoms with Gasteiger partial charge in [0, 0.05) is 0 Å². The Morgan fingerprint density at radius 1 is 1.19 bits per heavy atom. The predicted octanol–water partition coefficient (Wildman–Crippen LogP) is 0.451. The van der Waals surface area contributed by atoms with Gasteiger partial charge < -0.3 is 19.3 Å². The normalized spacial score (nSPS) is 10.2. The molecule has 2 aromatic rings. The Hall–Kier alpha value is -2.84. The van der Waals surface area contributed by atoms with Crippen LogP contribution in [0, 0.1) is 0 Å². The molecule has 1 aromatic heterocycles. The van der Waals surface area contributed by atoms with E-state index in [1.165, 1.54) is 21.3 Å². The van der Waals surface area contributed by atoms with Crippen molar-refractivity contribution in [3.63, 3.8) is 0 Å². The number of carbonyl (C=O) groups is 1. The molecule has 0 bridgehead atoms. The summed E-state index contributed by atoms with van der Waals surface area (Å²) in [5.74, 6) is 0.425. The lowest BCUT2D eigenvalue weighted by Gasteiger charge is -2.15. The molecular weight excluding hydrogens is 280 g/mol. The van der Waals surface area contributed by atoms with E-state index in [4.69, 9.17) is 19.3 Å². The number of rotatable bonds is 6. The third-order valence-electron chi connectivity index (χ3n) is 2.76. The van der Waals surface area contributed by atoms with Crippen molar-refractivity contribution in [3.05, 3.63) is 12.1 Å². The van der Waals surface area contributed by atoms with Gasteiger partial charge >= 0.3 is 5.97 Å². The van der Waals surface area contributed by atoms with Gasteiger partial charge in [0.1, 0.15) is 6.54 Å². The van der Waals surface area contributed by atoms with E-state index in [-0.39, 0.29) is 12.4 Å². The van der Waals surface area contributed by atoms with E-state index >= 15 is 0 Å². The van der Waals surface area contributed by atoms with E-state index < -0.39 is 5.97 Å². The van der Waals surface area contributed by atoms with Gasteiger partial charge in [0.15, 0.2) is 17.3 Å². The summed E-state index contributed by atoms with van der Waals surface area (Å²) >= 11 is 0. The number of carboxylic acid groups (broad SMARTS) is 1. The van der Waals surface area contributed by atoms with Gasteiger partial charge in [-0.2, -0.15) is 0 Å². The molecule has 21 heavy (non-hydrogen) atoms. The van der Waals surface area contributed by atoms with Gasteiger partial charge in [0.25, 0.3) is 0 Å². The maximum atomic E-state index is 10.8. The molecule has 0 saturated heterocycles. The van der Waals surface area contributed by atoms with Crippen molar-refractivity contribution in [3.8, 4) is 28.6 Å². The summed E-state index contributed by atoms with van der Waals surface area (Å²) in [6.07, 6.45) is 0. The molecule has 0 amide bonds. The first-order valence-corrected chi connectivity index (χ1v) is 5.89. The van der Waals surface area contributed by atoms with Crippen LogP contribution in [0.25, 0.3) is 11.4 Å². The van der Waals surface area contributed by atoms with Gasteiger partial charge in [0.2, 0.25) is 5.75 Å². The molecule has 9 nitrogen and oxygen atoms in total. The Morgan fingerprint density at radius 3 is 2.48 bits per heavy atom. The molecule has 112 valence electrons. The molecule has 1 N–H and O–H groups in total. The minimum atomic E-state index is -1.05. The van der Waals surface area contributed by atoms with Crippen LogP contribution in [0.4, 0.5) is 0 Å². The Labute approximate surface area is 120 Å². The zero-order valence-electron chi connectivity index (χ0n) is 11.7. The predicted molar refractivity (Wildman–Crippen MR) is 70.5 cm³/mol. The van der Waals surface area contributed by atoms with Gasteiger partial charge in [-0.05, 0) is 22.6 Å². The summed E-state index contributed by atoms with van der Waals surface area (Å²) in [6.45, 7) is -0.361. The number of methoxy groups -OCH3 is 3. The van der Waals surface area contributed by atoms with Crippen molar-refractivity contribution in [2.45, 2.75) is 6.54 Å². The number of carboxylic acids is 1. The van der Waals surface area contributed by atoms with Gasteiger partial charge in [-0.25, -0.2) is 4.68 Å². The fraction of sp³-hybridized carbons (Fsp3) is 0.333. The third kappa shape index (κ3) is 2.71. The lowest BCUT2D eigenvalue weighted by atomic mass is 10.1. The molecule has 0 unspecified atom stereocenters. The van der Waals surface area contributed by atoms with E-state index in [1.54, 1.807) is 12.1 Å². The van der Waals surface area contributed by atoms with Crippen molar-refractivity contribution in [2.24, 2.45) is 0 Å². The molecular formula is C12H14N4O5. The van der Waals surface area contributed by atoms with Gasteiger partial charge in [0.05, 0.1) is 26.9 Å². The number of benzene rings is 1. The molecule has 0 fully saturated rings. The monoisotopic (exact) mass is 294 g/mol. The van der Waals surface area contributed by atoms with E-state index in [9.17, 15) is 4.79 Å². The minimum Gasteiger partial charge on any atom is -0.493 e. The molecule has 0 aliphatic heterocycles. The fourth-order valence-corrected chi connectivity index (χ4v) is 1.91. The van der Waals surface area contributed by atoms with Crippen LogP contribution < -0.4 is 14.2 Å². The molecule has 0 saturated carbocycles. The fourth-order valence-electron chi connectivity index (χ4n) is 1.91. The molecule has 1 aromatic carbocycles. The van der Waals surface area contributed by atoms with Crippen LogP contribution in [0.15, 0.2) is 12.1 Å². The average Bonchev–Trinajstić information content (AvgIpc) is 2.92. The van der Waals surface area contributed by atoms with Gasteiger partial charge in [-0.3, -0.25) is 4.79 Å². The number of aromatic nitrogens is 4. The van der Waals surface area contributed by atoms with Crippen molar-refractivity contribution < 1.29 is 24.1 Å². The van der Waals surface area contributed by atoms with Crippen LogP contribution in [0.1, 0.15) is 0 Å². The maximum absolute atomic E-state index is 10.8. The maximum Gasteiger partial charge on any atom is 0.325 e. The summed E-state index contributed by atoms with van der Waals surface area (Å²) in [7, 11) is 4.45. The van der Waals surface area contributed by atoms with Gasteiger partial charge in [-0.1, -0.05) is 0 Å². The smallest absolute Gasteiger partial charge is 0.325 e. The topological polar surface area (TPSA) is 109 Å². The quantitative estimate of drug-likeness (QED) is 0.818. The molecule has 9 heteroatoms. The first-order valence-electron chi connectivity index (χ1n) is 5.89. The van der Waals surface area contributed by atoms with E-state index in [0.717, 1.165) is 4.68 Å². The highest BCUT2D eigenvalue weighted by Crippen LogP contribution is 2.43. The number of nitrogens with zero attached hydrogens (tertiary/aromatic N) is 4. The lowest BCUT2D eigenvalue weighted by molar-refractivity contribution is -0.137. The minimum absolute atomic E-state index is 0.259. The lowest BCUT2D eigenvalue weighted by Crippen LogP contribution is -2.12. The van der Waals surface area contributed by atoms with Crippen molar-refractivity contribution in [2.75, 3.05) is 21.3 Å². The third-order valence-corrected chi connectivity index (χ3v) is 2.76. The number of ether oxygens (including phenoxy) is 3. The zero-order valence-corrected chi connectivity index (χ0v) is 11.7.